The van der Waals surface area contributed by atoms with Gasteiger partial charge in [0.25, 0.3) is 0 Å². The molecule has 0 aliphatic heterocycles. The smallest absolute Gasteiger partial charge is 0.236 e. The SMILES string of the molecule is CC(c1nnc(SCC(=O)Nc2ncc(Cl)cc2Cl)n1-c1ccc(Cl)cc1)N(C)C. The molecule has 1 atom stereocenters. The molecule has 1 aromatic carbocycles. The number of halogens is 3. The van der Waals surface area contributed by atoms with Gasteiger partial charge in [0.15, 0.2) is 16.8 Å². The van der Waals surface area contributed by atoms with E-state index >= 15 is 0 Å². The Morgan fingerprint density at radius 1 is 1.17 bits per heavy atom. The van der Waals surface area contributed by atoms with Gasteiger partial charge in [-0.2, -0.15) is 0 Å². The lowest BCUT2D eigenvalue weighted by molar-refractivity contribution is -0.113. The Morgan fingerprint density at radius 3 is 2.50 bits per heavy atom. The number of carbonyl (C=O) groups excluding carboxylic acids is 1. The predicted octanol–water partition coefficient (Wildman–Crippen LogP) is 4.98. The van der Waals surface area contributed by atoms with Crippen molar-refractivity contribution in [1.82, 2.24) is 24.6 Å². The van der Waals surface area contributed by atoms with Crippen LogP contribution in [0.4, 0.5) is 5.82 Å². The van der Waals surface area contributed by atoms with E-state index in [-0.39, 0.29) is 28.5 Å². The van der Waals surface area contributed by atoms with Crippen molar-refractivity contribution in [3.8, 4) is 5.69 Å². The molecule has 0 aliphatic rings. The molecule has 0 saturated carbocycles. The molecular formula is C19H19Cl3N6OS. The van der Waals surface area contributed by atoms with E-state index in [1.807, 2.05) is 42.6 Å². The number of hydrogen-bond acceptors (Lipinski definition) is 6. The molecule has 1 N–H and O–H groups in total. The number of amides is 1. The van der Waals surface area contributed by atoms with Crippen molar-refractivity contribution in [2.24, 2.45) is 0 Å². The number of benzene rings is 1. The molecule has 2 heterocycles. The molecule has 0 saturated heterocycles. The van der Waals surface area contributed by atoms with Crippen molar-refractivity contribution in [2.45, 2.75) is 18.1 Å². The van der Waals surface area contributed by atoms with Crippen LogP contribution in [-0.4, -0.2) is 50.4 Å². The summed E-state index contributed by atoms with van der Waals surface area (Å²) < 4.78 is 1.92. The Labute approximate surface area is 193 Å². The number of rotatable bonds is 7. The van der Waals surface area contributed by atoms with E-state index < -0.39 is 0 Å². The van der Waals surface area contributed by atoms with Gasteiger partial charge in [-0.15, -0.1) is 10.2 Å². The molecule has 0 fully saturated rings. The summed E-state index contributed by atoms with van der Waals surface area (Å²) in [6.45, 7) is 2.03. The molecule has 30 heavy (non-hydrogen) atoms. The summed E-state index contributed by atoms with van der Waals surface area (Å²) in [4.78, 5) is 18.5. The van der Waals surface area contributed by atoms with Gasteiger partial charge in [0.05, 0.1) is 21.8 Å². The van der Waals surface area contributed by atoms with E-state index in [1.54, 1.807) is 12.1 Å². The highest BCUT2D eigenvalue weighted by molar-refractivity contribution is 7.99. The van der Waals surface area contributed by atoms with Crippen molar-refractivity contribution in [1.29, 1.82) is 0 Å². The van der Waals surface area contributed by atoms with Gasteiger partial charge in [0.2, 0.25) is 5.91 Å². The van der Waals surface area contributed by atoms with Crippen LogP contribution in [0.15, 0.2) is 41.7 Å². The topological polar surface area (TPSA) is 75.9 Å². The van der Waals surface area contributed by atoms with Gasteiger partial charge >= 0.3 is 0 Å². The summed E-state index contributed by atoms with van der Waals surface area (Å²) in [5.74, 6) is 0.841. The van der Waals surface area contributed by atoms with Crippen molar-refractivity contribution in [3.63, 3.8) is 0 Å². The summed E-state index contributed by atoms with van der Waals surface area (Å²) in [5.41, 5.74) is 0.860. The third-order valence-electron chi connectivity index (χ3n) is 4.29. The normalized spacial score (nSPS) is 12.2. The number of aromatic nitrogens is 4. The zero-order valence-corrected chi connectivity index (χ0v) is 19.5. The lowest BCUT2D eigenvalue weighted by Gasteiger charge is -2.20. The molecule has 158 valence electrons. The van der Waals surface area contributed by atoms with E-state index in [1.165, 1.54) is 24.0 Å². The zero-order valence-electron chi connectivity index (χ0n) is 16.4. The number of anilines is 1. The fourth-order valence-electron chi connectivity index (χ4n) is 2.51. The highest BCUT2D eigenvalue weighted by Gasteiger charge is 2.21. The Hall–Kier alpha value is -1.84. The third kappa shape index (κ3) is 5.44. The van der Waals surface area contributed by atoms with Crippen molar-refractivity contribution in [2.75, 3.05) is 25.2 Å². The number of hydrogen-bond donors (Lipinski definition) is 1. The zero-order chi connectivity index (χ0) is 21.8. The fraction of sp³-hybridized carbons (Fsp3) is 0.263. The monoisotopic (exact) mass is 484 g/mol. The molecular weight excluding hydrogens is 467 g/mol. The molecule has 3 rings (SSSR count). The van der Waals surface area contributed by atoms with Crippen LogP contribution >= 0.6 is 46.6 Å². The maximum atomic E-state index is 12.4. The van der Waals surface area contributed by atoms with Gasteiger partial charge < -0.3 is 5.32 Å². The average molecular weight is 486 g/mol. The first kappa shape index (κ1) is 22.8. The van der Waals surface area contributed by atoms with Crippen LogP contribution < -0.4 is 5.32 Å². The summed E-state index contributed by atoms with van der Waals surface area (Å²) in [5, 5.41) is 13.2. The van der Waals surface area contributed by atoms with E-state index in [4.69, 9.17) is 34.8 Å². The largest absolute Gasteiger partial charge is 0.309 e. The summed E-state index contributed by atoms with van der Waals surface area (Å²) in [7, 11) is 3.93. The van der Waals surface area contributed by atoms with Crippen LogP contribution in [-0.2, 0) is 4.79 Å². The van der Waals surface area contributed by atoms with Crippen molar-refractivity contribution in [3.05, 3.63) is 57.4 Å². The fourth-order valence-corrected chi connectivity index (χ4v) is 3.83. The van der Waals surface area contributed by atoms with Crippen molar-refractivity contribution >= 4 is 58.3 Å². The molecule has 0 spiro atoms. The summed E-state index contributed by atoms with van der Waals surface area (Å²) in [6.07, 6.45) is 1.42. The molecule has 11 heteroatoms. The Balaban J connectivity index is 1.81. The molecule has 2 aromatic heterocycles. The highest BCUT2D eigenvalue weighted by atomic mass is 35.5. The van der Waals surface area contributed by atoms with Crippen LogP contribution in [0, 0.1) is 0 Å². The Morgan fingerprint density at radius 2 is 1.87 bits per heavy atom. The molecule has 0 radical (unpaired) electrons. The number of pyridine rings is 1. The molecule has 1 amide bonds. The number of nitrogens with zero attached hydrogens (tertiary/aromatic N) is 5. The molecule has 1 unspecified atom stereocenters. The van der Waals surface area contributed by atoms with Crippen LogP contribution in [0.1, 0.15) is 18.8 Å². The van der Waals surface area contributed by atoms with Crippen LogP contribution in [0.2, 0.25) is 15.1 Å². The van der Waals surface area contributed by atoms with Crippen LogP contribution in [0.25, 0.3) is 5.69 Å². The van der Waals surface area contributed by atoms with E-state index in [2.05, 4.69) is 20.5 Å². The first-order chi connectivity index (χ1) is 14.3. The summed E-state index contributed by atoms with van der Waals surface area (Å²) in [6, 6.07) is 8.91. The standard InChI is InChI=1S/C19H19Cl3N6OS/c1-11(27(2)3)18-25-26-19(28(18)14-6-4-12(20)5-7-14)30-10-16(29)24-17-15(22)8-13(21)9-23-17/h4-9,11H,10H2,1-3H3,(H,23,24,29). The maximum absolute atomic E-state index is 12.4. The van der Waals surface area contributed by atoms with Gasteiger partial charge in [0.1, 0.15) is 0 Å². The van der Waals surface area contributed by atoms with Crippen molar-refractivity contribution < 1.29 is 4.79 Å². The minimum Gasteiger partial charge on any atom is -0.309 e. The minimum absolute atomic E-state index is 0.00780. The van der Waals surface area contributed by atoms with E-state index in [9.17, 15) is 4.79 Å². The second kappa shape index (κ2) is 9.98. The maximum Gasteiger partial charge on any atom is 0.236 e. The first-order valence-electron chi connectivity index (χ1n) is 8.87. The highest BCUT2D eigenvalue weighted by Crippen LogP contribution is 2.28. The quantitative estimate of drug-likeness (QED) is 0.476. The van der Waals surface area contributed by atoms with Gasteiger partial charge in [-0.05, 0) is 51.4 Å². The van der Waals surface area contributed by atoms with Gasteiger partial charge in [0, 0.05) is 16.9 Å². The predicted molar refractivity (Wildman–Crippen MR) is 122 cm³/mol. The lowest BCUT2D eigenvalue weighted by atomic mass is 10.2. The summed E-state index contributed by atoms with van der Waals surface area (Å²) >= 11 is 19.2. The molecule has 0 bridgehead atoms. The van der Waals surface area contributed by atoms with Gasteiger partial charge in [-0.3, -0.25) is 14.3 Å². The van der Waals surface area contributed by atoms with Crippen LogP contribution in [0.5, 0.6) is 0 Å². The second-order valence-corrected chi connectivity index (χ2v) is 8.84. The minimum atomic E-state index is -0.274. The number of nitrogens with one attached hydrogen (secondary N) is 1. The van der Waals surface area contributed by atoms with Crippen LogP contribution in [0.3, 0.4) is 0 Å². The number of thioether (sulfide) groups is 1. The molecule has 0 aliphatic carbocycles. The van der Waals surface area contributed by atoms with E-state index in [0.717, 1.165) is 11.5 Å². The second-order valence-electron chi connectivity index (χ2n) is 6.61. The Kier molecular flexibility index (Phi) is 7.60. The molecule has 3 aromatic rings. The lowest BCUT2D eigenvalue weighted by Crippen LogP contribution is -2.21. The van der Waals surface area contributed by atoms with Gasteiger partial charge in [-0.1, -0.05) is 46.6 Å². The Bertz CT molecular complexity index is 1040. The van der Waals surface area contributed by atoms with E-state index in [0.29, 0.717) is 15.2 Å². The average Bonchev–Trinajstić information content (AvgIpc) is 3.12. The molecule has 7 nitrogen and oxygen atoms in total. The third-order valence-corrected chi connectivity index (χ3v) is 5.97. The number of carbonyl (C=O) groups is 1. The van der Waals surface area contributed by atoms with Gasteiger partial charge in [-0.25, -0.2) is 4.98 Å². The first-order valence-corrected chi connectivity index (χ1v) is 11.0.